The second-order valence-electron chi connectivity index (χ2n) is 8.04. The Labute approximate surface area is 168 Å². The number of carbonyl (C=O) groups is 2. The summed E-state index contributed by atoms with van der Waals surface area (Å²) >= 11 is 0. The van der Waals surface area contributed by atoms with Crippen LogP contribution >= 0.6 is 0 Å². The van der Waals surface area contributed by atoms with Crippen LogP contribution in [0, 0.1) is 11.8 Å². The maximum absolute atomic E-state index is 12.4. The molecule has 28 heavy (non-hydrogen) atoms. The Kier molecular flexibility index (Phi) is 8.98. The summed E-state index contributed by atoms with van der Waals surface area (Å²) in [5.41, 5.74) is 0. The van der Waals surface area contributed by atoms with Gasteiger partial charge in [0.15, 0.2) is 0 Å². The minimum atomic E-state index is 0.0575. The lowest BCUT2D eigenvalue weighted by atomic mass is 9.81. The van der Waals surface area contributed by atoms with Crippen LogP contribution in [-0.2, 0) is 19.1 Å². The average molecular weight is 397 g/mol. The molecule has 2 N–H and O–H groups in total. The lowest BCUT2D eigenvalue weighted by Crippen LogP contribution is -2.44. The number of nitrogens with one attached hydrogen (secondary N) is 2. The first-order valence-electron chi connectivity index (χ1n) is 10.9. The van der Waals surface area contributed by atoms with E-state index < -0.39 is 0 Å². The third-order valence-corrected chi connectivity index (χ3v) is 6.13. The average Bonchev–Trinajstić information content (AvgIpc) is 2.75. The zero-order chi connectivity index (χ0) is 19.6. The van der Waals surface area contributed by atoms with E-state index in [9.17, 15) is 9.59 Å². The molecule has 3 aliphatic rings. The first-order valence-corrected chi connectivity index (χ1v) is 10.9. The van der Waals surface area contributed by atoms with E-state index in [2.05, 4.69) is 20.4 Å². The van der Waals surface area contributed by atoms with Crippen LogP contribution in [0.3, 0.4) is 0 Å². The zero-order valence-electron chi connectivity index (χ0n) is 17.0. The predicted molar refractivity (Wildman–Crippen MR) is 106 cm³/mol. The highest BCUT2D eigenvalue weighted by Gasteiger charge is 2.29. The molecule has 3 fully saturated rings. The number of rotatable bonds is 8. The molecule has 1 saturated carbocycles. The van der Waals surface area contributed by atoms with Crippen molar-refractivity contribution in [1.29, 1.82) is 0 Å². The number of ether oxygens (including phenoxy) is 2. The van der Waals surface area contributed by atoms with Gasteiger partial charge in [0.1, 0.15) is 0 Å². The Balaban J connectivity index is 1.25. The van der Waals surface area contributed by atoms with E-state index in [1.54, 1.807) is 0 Å². The van der Waals surface area contributed by atoms with Crippen molar-refractivity contribution >= 4 is 11.8 Å². The molecule has 2 aliphatic heterocycles. The fourth-order valence-corrected chi connectivity index (χ4v) is 4.23. The summed E-state index contributed by atoms with van der Waals surface area (Å²) in [5.74, 6) is 0.419. The number of carbonyl (C=O) groups excluding carboxylic acids is 2. The summed E-state index contributed by atoms with van der Waals surface area (Å²) < 4.78 is 10.7. The predicted octanol–water partition coefficient (Wildman–Crippen LogP) is -0.310. The van der Waals surface area contributed by atoms with Crippen LogP contribution in [0.2, 0.25) is 0 Å². The molecule has 1 aliphatic carbocycles. The Hall–Kier alpha value is -1.22. The highest BCUT2D eigenvalue weighted by Crippen LogP contribution is 2.29. The maximum atomic E-state index is 12.4. The molecule has 8 heteroatoms. The first kappa shape index (κ1) is 21.5. The second-order valence-corrected chi connectivity index (χ2v) is 8.04. The van der Waals surface area contributed by atoms with Crippen LogP contribution in [0.15, 0.2) is 0 Å². The van der Waals surface area contributed by atoms with Gasteiger partial charge in [-0.3, -0.25) is 19.4 Å². The molecule has 0 bridgehead atoms. The molecule has 0 unspecified atom stereocenters. The van der Waals surface area contributed by atoms with Crippen molar-refractivity contribution in [2.75, 3.05) is 78.8 Å². The van der Waals surface area contributed by atoms with Gasteiger partial charge in [-0.25, -0.2) is 0 Å². The standard InChI is InChI=1S/C20H36N4O4/c25-19(21-5-7-23-9-13-27-14-10-23)17-1-2-18(4-3-17)20(26)22-6-8-24-11-15-28-16-12-24/h17-18H,1-16H2,(H,21,25)(H,22,26). The molecular formula is C20H36N4O4. The van der Waals surface area contributed by atoms with Gasteiger partial charge in [-0.1, -0.05) is 0 Å². The van der Waals surface area contributed by atoms with Crippen molar-refractivity contribution in [1.82, 2.24) is 20.4 Å². The molecular weight excluding hydrogens is 360 g/mol. The van der Waals surface area contributed by atoms with E-state index in [1.807, 2.05) is 0 Å². The molecule has 8 nitrogen and oxygen atoms in total. The SMILES string of the molecule is O=C(NCCN1CCOCC1)C1CCC(C(=O)NCCN2CCOCC2)CC1. The topological polar surface area (TPSA) is 83.1 Å². The Morgan fingerprint density at radius 3 is 1.39 bits per heavy atom. The lowest BCUT2D eigenvalue weighted by Gasteiger charge is -2.29. The van der Waals surface area contributed by atoms with E-state index in [1.165, 1.54) is 0 Å². The van der Waals surface area contributed by atoms with Gasteiger partial charge >= 0.3 is 0 Å². The van der Waals surface area contributed by atoms with Gasteiger partial charge in [0, 0.05) is 64.2 Å². The van der Waals surface area contributed by atoms with Crippen molar-refractivity contribution in [3.63, 3.8) is 0 Å². The highest BCUT2D eigenvalue weighted by molar-refractivity contribution is 5.81. The van der Waals surface area contributed by atoms with Crippen LogP contribution in [0.25, 0.3) is 0 Å². The van der Waals surface area contributed by atoms with Crippen LogP contribution in [0.5, 0.6) is 0 Å². The largest absolute Gasteiger partial charge is 0.379 e. The fourth-order valence-electron chi connectivity index (χ4n) is 4.23. The molecule has 0 spiro atoms. The summed E-state index contributed by atoms with van der Waals surface area (Å²) in [6.07, 6.45) is 3.24. The van der Waals surface area contributed by atoms with Crippen LogP contribution in [0.1, 0.15) is 25.7 Å². The molecule has 0 aromatic rings. The van der Waals surface area contributed by atoms with Crippen molar-refractivity contribution in [3.05, 3.63) is 0 Å². The summed E-state index contributed by atoms with van der Waals surface area (Å²) in [4.78, 5) is 29.4. The molecule has 0 aromatic carbocycles. The van der Waals surface area contributed by atoms with Crippen LogP contribution in [0.4, 0.5) is 0 Å². The Morgan fingerprint density at radius 2 is 1.04 bits per heavy atom. The Morgan fingerprint density at radius 1 is 0.679 bits per heavy atom. The molecule has 160 valence electrons. The van der Waals surface area contributed by atoms with E-state index >= 15 is 0 Å². The van der Waals surface area contributed by atoms with Crippen molar-refractivity contribution in [2.24, 2.45) is 11.8 Å². The minimum Gasteiger partial charge on any atom is -0.379 e. The van der Waals surface area contributed by atoms with Crippen LogP contribution < -0.4 is 10.6 Å². The van der Waals surface area contributed by atoms with Crippen molar-refractivity contribution in [3.8, 4) is 0 Å². The number of nitrogens with zero attached hydrogens (tertiary/aromatic N) is 2. The quantitative estimate of drug-likeness (QED) is 0.586. The van der Waals surface area contributed by atoms with E-state index in [0.29, 0.717) is 13.1 Å². The van der Waals surface area contributed by atoms with Gasteiger partial charge in [-0.2, -0.15) is 0 Å². The van der Waals surface area contributed by atoms with Crippen molar-refractivity contribution in [2.45, 2.75) is 25.7 Å². The molecule has 3 rings (SSSR count). The molecule has 2 saturated heterocycles. The normalized spacial score (nSPS) is 27.3. The minimum absolute atomic E-state index is 0.0575. The van der Waals surface area contributed by atoms with E-state index in [-0.39, 0.29) is 23.7 Å². The Bertz CT molecular complexity index is 441. The number of morpholine rings is 2. The number of hydrogen-bond donors (Lipinski definition) is 2. The molecule has 2 amide bonds. The van der Waals surface area contributed by atoms with Gasteiger partial charge < -0.3 is 20.1 Å². The highest BCUT2D eigenvalue weighted by atomic mass is 16.5. The molecule has 0 aromatic heterocycles. The number of hydrogen-bond acceptors (Lipinski definition) is 6. The van der Waals surface area contributed by atoms with E-state index in [0.717, 1.165) is 91.4 Å². The first-order chi connectivity index (χ1) is 13.7. The zero-order valence-corrected chi connectivity index (χ0v) is 17.0. The molecule has 2 heterocycles. The summed E-state index contributed by atoms with van der Waals surface area (Å²) in [6, 6.07) is 0. The van der Waals surface area contributed by atoms with Crippen LogP contribution in [-0.4, -0.2) is 100 Å². The van der Waals surface area contributed by atoms with Gasteiger partial charge in [0.2, 0.25) is 11.8 Å². The van der Waals surface area contributed by atoms with Gasteiger partial charge in [-0.15, -0.1) is 0 Å². The maximum Gasteiger partial charge on any atom is 0.223 e. The fraction of sp³-hybridized carbons (Fsp3) is 0.900. The van der Waals surface area contributed by atoms with Gasteiger partial charge in [0.05, 0.1) is 26.4 Å². The second kappa shape index (κ2) is 11.7. The van der Waals surface area contributed by atoms with Gasteiger partial charge in [0.25, 0.3) is 0 Å². The number of amides is 2. The lowest BCUT2D eigenvalue weighted by molar-refractivity contribution is -0.130. The summed E-state index contributed by atoms with van der Waals surface area (Å²) in [7, 11) is 0. The monoisotopic (exact) mass is 396 g/mol. The smallest absolute Gasteiger partial charge is 0.223 e. The molecule has 0 atom stereocenters. The summed E-state index contributed by atoms with van der Waals surface area (Å²) in [6.45, 7) is 10.1. The third-order valence-electron chi connectivity index (χ3n) is 6.13. The molecule has 0 radical (unpaired) electrons. The third kappa shape index (κ3) is 6.99. The van der Waals surface area contributed by atoms with Gasteiger partial charge in [-0.05, 0) is 25.7 Å². The van der Waals surface area contributed by atoms with E-state index in [4.69, 9.17) is 9.47 Å². The van der Waals surface area contributed by atoms with Crippen molar-refractivity contribution < 1.29 is 19.1 Å². The summed E-state index contributed by atoms with van der Waals surface area (Å²) in [5, 5.41) is 6.15.